The Balaban J connectivity index is 1.51. The summed E-state index contributed by atoms with van der Waals surface area (Å²) in [4.78, 5) is 9.61. The molecule has 0 aliphatic rings. The Kier molecular flexibility index (Phi) is 5.87. The number of fused-ring (bicyclic) bond motifs is 7. The molecule has 0 aliphatic heterocycles. The average Bonchev–Trinajstić information content (AvgIpc) is 3.54. The number of nitrogens with zero attached hydrogens (tertiary/aromatic N) is 3. The topological polar surface area (TPSA) is 30.2 Å². The Hall–Kier alpha value is -4.80. The fraction of sp³-hybridized carbons (Fsp3) is 0.0286. The zero-order valence-corrected chi connectivity index (χ0v) is 22.1. The maximum Gasteiger partial charge on any atom is 0.137 e. The van der Waals surface area contributed by atoms with Crippen LogP contribution in [-0.4, -0.2) is 16.3 Å². The van der Waals surface area contributed by atoms with Crippen molar-refractivity contribution >= 4 is 71.6 Å². The van der Waals surface area contributed by atoms with Crippen molar-refractivity contribution < 1.29 is 0 Å². The molecule has 0 aliphatic carbocycles. The van der Waals surface area contributed by atoms with Crippen LogP contribution in [0.3, 0.4) is 0 Å². The number of aliphatic imine (C=N–C) groups is 1. The predicted molar refractivity (Wildman–Crippen MR) is 169 cm³/mol. The monoisotopic (exact) mass is 519 g/mol. The third kappa shape index (κ3) is 4.06. The van der Waals surface area contributed by atoms with Crippen molar-refractivity contribution in [2.75, 3.05) is 0 Å². The number of hydrogen-bond donors (Lipinski definition) is 0. The highest BCUT2D eigenvalue weighted by atomic mass is 32.1. The number of aromatic nitrogens is 2. The highest BCUT2D eigenvalue weighted by Gasteiger charge is 2.19. The lowest BCUT2D eigenvalue weighted by Crippen LogP contribution is -1.96. The molecule has 0 bridgehead atoms. The molecule has 0 saturated heterocycles. The summed E-state index contributed by atoms with van der Waals surface area (Å²) in [6.07, 6.45) is 7.27. The van der Waals surface area contributed by atoms with Crippen LogP contribution in [0.15, 0.2) is 133 Å². The molecule has 0 spiro atoms. The number of allylic oxidation sites excluding steroid dienone is 3. The van der Waals surface area contributed by atoms with Gasteiger partial charge < -0.3 is 0 Å². The van der Waals surface area contributed by atoms with E-state index < -0.39 is 0 Å². The SMILES string of the molecule is C=N/C(=C\C(=C/Cc1ccccc1)c1ccccc1)n1c2ccccc2c2ncc3c4ccccc4sc3c21. The third-order valence-electron chi connectivity index (χ3n) is 7.20. The molecule has 0 unspecified atom stereocenters. The maximum atomic E-state index is 4.99. The molecule has 0 saturated carbocycles. The third-order valence-corrected chi connectivity index (χ3v) is 8.40. The standard InChI is InChI=1S/C35H25N3S/c1-36-32(22-26(25-14-6-3-7-15-25)21-20-24-12-4-2-5-13-24)38-30-18-10-8-17-28(30)33-34(38)35-29(23-37-33)27-16-9-11-19-31(27)39-35/h2-19,21-23H,1,20H2/b26-21+,32-22+. The van der Waals surface area contributed by atoms with Gasteiger partial charge in [-0.3, -0.25) is 9.55 Å². The molecule has 0 radical (unpaired) electrons. The Labute approximate surface area is 230 Å². The van der Waals surface area contributed by atoms with E-state index >= 15 is 0 Å². The number of para-hydroxylation sites is 1. The first-order chi connectivity index (χ1) is 19.3. The minimum Gasteiger partial charge on any atom is -0.291 e. The first-order valence-corrected chi connectivity index (χ1v) is 13.8. The fourth-order valence-electron chi connectivity index (χ4n) is 5.35. The summed E-state index contributed by atoms with van der Waals surface area (Å²) in [5.41, 5.74) is 6.63. The molecule has 0 amide bonds. The van der Waals surface area contributed by atoms with Gasteiger partial charge in [0.25, 0.3) is 0 Å². The average molecular weight is 520 g/mol. The first kappa shape index (κ1) is 23.3. The van der Waals surface area contributed by atoms with Gasteiger partial charge in [0.2, 0.25) is 0 Å². The quantitative estimate of drug-likeness (QED) is 0.159. The van der Waals surface area contributed by atoms with E-state index in [1.54, 1.807) is 11.3 Å². The molecule has 39 heavy (non-hydrogen) atoms. The maximum absolute atomic E-state index is 4.99. The van der Waals surface area contributed by atoms with Crippen molar-refractivity contribution in [3.05, 3.63) is 139 Å². The van der Waals surface area contributed by atoms with Crippen molar-refractivity contribution in [2.24, 2.45) is 4.99 Å². The lowest BCUT2D eigenvalue weighted by atomic mass is 10.0. The molecule has 3 aromatic heterocycles. The van der Waals surface area contributed by atoms with E-state index in [2.05, 4.69) is 132 Å². The van der Waals surface area contributed by atoms with Gasteiger partial charge in [-0.05, 0) is 48.0 Å². The number of thiophene rings is 1. The smallest absolute Gasteiger partial charge is 0.137 e. The molecule has 0 atom stereocenters. The van der Waals surface area contributed by atoms with Gasteiger partial charge in [-0.25, -0.2) is 4.99 Å². The Morgan fingerprint density at radius 1 is 0.795 bits per heavy atom. The molecule has 3 heterocycles. The Morgan fingerprint density at radius 3 is 2.28 bits per heavy atom. The van der Waals surface area contributed by atoms with Gasteiger partial charge >= 0.3 is 0 Å². The normalized spacial score (nSPS) is 12.6. The van der Waals surface area contributed by atoms with E-state index in [-0.39, 0.29) is 0 Å². The zero-order chi connectivity index (χ0) is 26.2. The molecule has 4 heteroatoms. The summed E-state index contributed by atoms with van der Waals surface area (Å²) in [5, 5.41) is 3.50. The van der Waals surface area contributed by atoms with Gasteiger partial charge in [-0.1, -0.05) is 103 Å². The van der Waals surface area contributed by atoms with Crippen molar-refractivity contribution in [2.45, 2.75) is 6.42 Å². The van der Waals surface area contributed by atoms with E-state index in [0.717, 1.165) is 45.3 Å². The minimum absolute atomic E-state index is 0.774. The largest absolute Gasteiger partial charge is 0.291 e. The van der Waals surface area contributed by atoms with Crippen LogP contribution in [0.1, 0.15) is 11.1 Å². The summed E-state index contributed by atoms with van der Waals surface area (Å²) in [7, 11) is 0. The van der Waals surface area contributed by atoms with Gasteiger partial charge in [0.15, 0.2) is 0 Å². The van der Waals surface area contributed by atoms with E-state index in [4.69, 9.17) is 4.98 Å². The van der Waals surface area contributed by atoms with Crippen molar-refractivity contribution in [1.82, 2.24) is 9.55 Å². The molecular formula is C35H25N3S. The molecule has 0 N–H and O–H groups in total. The van der Waals surface area contributed by atoms with E-state index in [1.165, 1.54) is 25.7 Å². The zero-order valence-electron chi connectivity index (χ0n) is 21.3. The van der Waals surface area contributed by atoms with Crippen molar-refractivity contribution in [3.8, 4) is 0 Å². The van der Waals surface area contributed by atoms with Gasteiger partial charge in [-0.15, -0.1) is 11.3 Å². The second kappa shape index (κ2) is 9.82. The number of rotatable bonds is 6. The number of pyridine rings is 1. The summed E-state index contributed by atoms with van der Waals surface area (Å²) >= 11 is 1.81. The van der Waals surface area contributed by atoms with E-state index in [0.29, 0.717) is 0 Å². The fourth-order valence-corrected chi connectivity index (χ4v) is 6.56. The van der Waals surface area contributed by atoms with E-state index in [9.17, 15) is 0 Å². The number of hydrogen-bond acceptors (Lipinski definition) is 3. The Morgan fingerprint density at radius 2 is 1.49 bits per heavy atom. The highest BCUT2D eigenvalue weighted by molar-refractivity contribution is 7.26. The van der Waals surface area contributed by atoms with Crippen LogP contribution < -0.4 is 0 Å². The van der Waals surface area contributed by atoms with Crippen molar-refractivity contribution in [1.29, 1.82) is 0 Å². The van der Waals surface area contributed by atoms with Gasteiger partial charge in [0.1, 0.15) is 5.82 Å². The van der Waals surface area contributed by atoms with Gasteiger partial charge in [-0.2, -0.15) is 0 Å². The molecule has 7 rings (SSSR count). The molecule has 3 nitrogen and oxygen atoms in total. The number of benzene rings is 4. The summed E-state index contributed by atoms with van der Waals surface area (Å²) in [5.74, 6) is 0.774. The van der Waals surface area contributed by atoms with E-state index in [1.807, 2.05) is 12.3 Å². The van der Waals surface area contributed by atoms with Crippen molar-refractivity contribution in [3.63, 3.8) is 0 Å². The molecule has 7 aromatic rings. The first-order valence-electron chi connectivity index (χ1n) is 13.0. The van der Waals surface area contributed by atoms with Crippen LogP contribution in [0.4, 0.5) is 0 Å². The summed E-state index contributed by atoms with van der Waals surface area (Å²) < 4.78 is 4.70. The van der Waals surface area contributed by atoms with Crippen LogP contribution in [0, 0.1) is 0 Å². The molecule has 0 fully saturated rings. The summed E-state index contributed by atoms with van der Waals surface area (Å²) in [6.45, 7) is 4.04. The Bertz CT molecular complexity index is 2040. The summed E-state index contributed by atoms with van der Waals surface area (Å²) in [6, 6.07) is 38.0. The lowest BCUT2D eigenvalue weighted by molar-refractivity contribution is 1.18. The second-order valence-electron chi connectivity index (χ2n) is 9.52. The van der Waals surface area contributed by atoms with Gasteiger partial charge in [0.05, 0.1) is 21.3 Å². The predicted octanol–water partition coefficient (Wildman–Crippen LogP) is 9.38. The lowest BCUT2D eigenvalue weighted by Gasteiger charge is -2.11. The van der Waals surface area contributed by atoms with Crippen LogP contribution >= 0.6 is 11.3 Å². The highest BCUT2D eigenvalue weighted by Crippen LogP contribution is 2.42. The van der Waals surface area contributed by atoms with Crippen LogP contribution in [0.5, 0.6) is 0 Å². The molecule has 4 aromatic carbocycles. The minimum atomic E-state index is 0.774. The van der Waals surface area contributed by atoms with Crippen LogP contribution in [0.2, 0.25) is 0 Å². The van der Waals surface area contributed by atoms with Crippen LogP contribution in [-0.2, 0) is 6.42 Å². The van der Waals surface area contributed by atoms with Crippen LogP contribution in [0.25, 0.3) is 53.5 Å². The second-order valence-corrected chi connectivity index (χ2v) is 10.6. The molecule has 186 valence electrons. The molecular weight excluding hydrogens is 494 g/mol. The van der Waals surface area contributed by atoms with Gasteiger partial charge in [0, 0.05) is 27.1 Å².